The first-order valence-corrected chi connectivity index (χ1v) is 11.8. The summed E-state index contributed by atoms with van der Waals surface area (Å²) in [5, 5.41) is 18.8. The molecule has 1 saturated heterocycles. The number of carboxylic acids is 1. The first kappa shape index (κ1) is 23.0. The smallest absolute Gasteiger partial charge is 0.317 e. The fourth-order valence-corrected chi connectivity index (χ4v) is 4.74. The van der Waals surface area contributed by atoms with E-state index in [0.717, 1.165) is 48.3 Å². The van der Waals surface area contributed by atoms with Gasteiger partial charge in [0.05, 0.1) is 12.8 Å². The molecule has 33 heavy (non-hydrogen) atoms. The Morgan fingerprint density at radius 3 is 2.55 bits per heavy atom. The van der Waals surface area contributed by atoms with E-state index in [1.165, 1.54) is 19.3 Å². The average Bonchev–Trinajstić information content (AvgIpc) is 2.83. The minimum Gasteiger partial charge on any atom is -0.480 e. The lowest BCUT2D eigenvalue weighted by atomic mass is 9.89. The first-order chi connectivity index (χ1) is 16.0. The molecule has 1 amide bonds. The third-order valence-corrected chi connectivity index (χ3v) is 6.47. The number of benzene rings is 2. The van der Waals surface area contributed by atoms with Gasteiger partial charge in [0, 0.05) is 36.9 Å². The van der Waals surface area contributed by atoms with Crippen molar-refractivity contribution in [1.29, 1.82) is 0 Å². The SMILES string of the molecule is CCC1c2ccc(C(=O)Nc3ccc(C=NN4CCCCC4)cc3)cc2CCN1CC(=O)O. The van der Waals surface area contributed by atoms with Crippen molar-refractivity contribution in [2.45, 2.75) is 45.1 Å². The monoisotopic (exact) mass is 448 g/mol. The molecule has 2 aromatic rings. The summed E-state index contributed by atoms with van der Waals surface area (Å²) in [6, 6.07) is 13.5. The van der Waals surface area contributed by atoms with Crippen LogP contribution in [-0.2, 0) is 11.2 Å². The van der Waals surface area contributed by atoms with Crippen LogP contribution in [0.15, 0.2) is 47.6 Å². The Morgan fingerprint density at radius 2 is 1.85 bits per heavy atom. The summed E-state index contributed by atoms with van der Waals surface area (Å²) in [5.74, 6) is -0.953. The van der Waals surface area contributed by atoms with Gasteiger partial charge in [0.1, 0.15) is 0 Å². The number of fused-ring (bicyclic) bond motifs is 1. The predicted octanol–water partition coefficient (Wildman–Crippen LogP) is 4.15. The van der Waals surface area contributed by atoms with Crippen LogP contribution in [0, 0.1) is 0 Å². The molecule has 2 heterocycles. The predicted molar refractivity (Wildman–Crippen MR) is 130 cm³/mol. The topological polar surface area (TPSA) is 85.2 Å². The maximum absolute atomic E-state index is 12.8. The number of carboxylic acid groups (broad SMARTS) is 1. The van der Waals surface area contributed by atoms with E-state index in [4.69, 9.17) is 0 Å². The highest BCUT2D eigenvalue weighted by Gasteiger charge is 2.28. The van der Waals surface area contributed by atoms with E-state index in [0.29, 0.717) is 12.1 Å². The van der Waals surface area contributed by atoms with Crippen molar-refractivity contribution in [2.75, 3.05) is 31.5 Å². The van der Waals surface area contributed by atoms with Gasteiger partial charge in [0.15, 0.2) is 0 Å². The molecule has 0 aliphatic carbocycles. The number of nitrogens with zero attached hydrogens (tertiary/aromatic N) is 3. The summed E-state index contributed by atoms with van der Waals surface area (Å²) < 4.78 is 0. The van der Waals surface area contributed by atoms with E-state index in [2.05, 4.69) is 22.4 Å². The number of hydrazone groups is 1. The zero-order chi connectivity index (χ0) is 23.2. The largest absolute Gasteiger partial charge is 0.480 e. The number of aliphatic carboxylic acids is 1. The van der Waals surface area contributed by atoms with Gasteiger partial charge in [-0.3, -0.25) is 19.5 Å². The lowest BCUT2D eigenvalue weighted by Crippen LogP contribution is -2.38. The Labute approximate surface area is 195 Å². The molecule has 2 aliphatic heterocycles. The van der Waals surface area contributed by atoms with Gasteiger partial charge in [-0.2, -0.15) is 5.10 Å². The van der Waals surface area contributed by atoms with Gasteiger partial charge in [-0.1, -0.05) is 25.1 Å². The molecule has 1 atom stereocenters. The Kier molecular flexibility index (Phi) is 7.40. The molecule has 2 aromatic carbocycles. The maximum Gasteiger partial charge on any atom is 0.317 e. The second-order valence-electron chi connectivity index (χ2n) is 8.79. The summed E-state index contributed by atoms with van der Waals surface area (Å²) in [7, 11) is 0. The van der Waals surface area contributed by atoms with Gasteiger partial charge in [-0.05, 0) is 73.1 Å². The molecule has 1 unspecified atom stereocenters. The van der Waals surface area contributed by atoms with Crippen molar-refractivity contribution < 1.29 is 14.7 Å². The second kappa shape index (κ2) is 10.6. The van der Waals surface area contributed by atoms with E-state index < -0.39 is 5.97 Å². The molecule has 1 fully saturated rings. The van der Waals surface area contributed by atoms with Crippen molar-refractivity contribution >= 4 is 23.8 Å². The van der Waals surface area contributed by atoms with E-state index in [1.807, 2.05) is 53.6 Å². The normalized spacial score (nSPS) is 18.8. The Hall–Kier alpha value is -3.19. The van der Waals surface area contributed by atoms with Crippen LogP contribution < -0.4 is 5.32 Å². The molecule has 0 spiro atoms. The molecule has 4 rings (SSSR count). The number of hydrogen-bond acceptors (Lipinski definition) is 5. The van der Waals surface area contributed by atoms with Crippen molar-refractivity contribution in [3.05, 3.63) is 64.7 Å². The maximum atomic E-state index is 12.8. The van der Waals surface area contributed by atoms with Gasteiger partial charge >= 0.3 is 5.97 Å². The molecule has 2 aliphatic rings. The number of rotatable bonds is 7. The molecule has 2 N–H and O–H groups in total. The minimum atomic E-state index is -0.809. The number of nitrogens with one attached hydrogen (secondary N) is 1. The van der Waals surface area contributed by atoms with E-state index in [1.54, 1.807) is 0 Å². The number of hydrogen-bond donors (Lipinski definition) is 2. The minimum absolute atomic E-state index is 0.0406. The number of carbonyl (C=O) groups is 2. The summed E-state index contributed by atoms with van der Waals surface area (Å²) in [6.45, 7) is 4.82. The van der Waals surface area contributed by atoms with Crippen LogP contribution in [0.25, 0.3) is 0 Å². The Balaban J connectivity index is 1.39. The zero-order valence-electron chi connectivity index (χ0n) is 19.2. The van der Waals surface area contributed by atoms with E-state index in [-0.39, 0.29) is 18.5 Å². The zero-order valence-corrected chi connectivity index (χ0v) is 19.2. The second-order valence-corrected chi connectivity index (χ2v) is 8.79. The van der Waals surface area contributed by atoms with Crippen LogP contribution in [0.4, 0.5) is 5.69 Å². The number of carbonyl (C=O) groups excluding carboxylic acids is 1. The fourth-order valence-electron chi connectivity index (χ4n) is 4.74. The fraction of sp³-hybridized carbons (Fsp3) is 0.423. The van der Waals surface area contributed by atoms with Crippen molar-refractivity contribution in [3.8, 4) is 0 Å². The number of piperidine rings is 1. The standard InChI is InChI=1S/C26H32N4O3/c1-2-24-23-11-8-21(16-20(23)12-15-29(24)18-25(31)32)26(33)28-22-9-6-19(7-10-22)17-27-30-13-4-3-5-14-30/h6-11,16-17,24H,2-5,12-15,18H2,1H3,(H,28,33)(H,31,32). The third kappa shape index (κ3) is 5.79. The molecule has 174 valence electrons. The highest BCUT2D eigenvalue weighted by atomic mass is 16.4. The number of amides is 1. The summed E-state index contributed by atoms with van der Waals surface area (Å²) >= 11 is 0. The van der Waals surface area contributed by atoms with E-state index in [9.17, 15) is 14.7 Å². The van der Waals surface area contributed by atoms with E-state index >= 15 is 0 Å². The highest BCUT2D eigenvalue weighted by Crippen LogP contribution is 2.32. The summed E-state index contributed by atoms with van der Waals surface area (Å²) in [5.41, 5.74) is 4.61. The summed E-state index contributed by atoms with van der Waals surface area (Å²) in [4.78, 5) is 26.0. The molecule has 0 saturated carbocycles. The van der Waals surface area contributed by atoms with Gasteiger partial charge in [0.25, 0.3) is 5.91 Å². The molecular formula is C26H32N4O3. The van der Waals surface area contributed by atoms with Crippen LogP contribution in [-0.4, -0.2) is 59.3 Å². The first-order valence-electron chi connectivity index (χ1n) is 11.8. The van der Waals surface area contributed by atoms with Crippen molar-refractivity contribution in [3.63, 3.8) is 0 Å². The lowest BCUT2D eigenvalue weighted by Gasteiger charge is -2.36. The number of anilines is 1. The quantitative estimate of drug-likeness (QED) is 0.622. The highest BCUT2D eigenvalue weighted by molar-refractivity contribution is 6.04. The Morgan fingerprint density at radius 1 is 1.09 bits per heavy atom. The van der Waals surface area contributed by atoms with Gasteiger partial charge in [-0.15, -0.1) is 0 Å². The van der Waals surface area contributed by atoms with Crippen molar-refractivity contribution in [2.24, 2.45) is 5.10 Å². The molecule has 0 radical (unpaired) electrons. The molecule has 7 nitrogen and oxygen atoms in total. The van der Waals surface area contributed by atoms with Gasteiger partial charge in [0.2, 0.25) is 0 Å². The molecule has 0 aromatic heterocycles. The average molecular weight is 449 g/mol. The molecule has 0 bridgehead atoms. The van der Waals surface area contributed by atoms with Crippen LogP contribution in [0.1, 0.15) is 65.7 Å². The van der Waals surface area contributed by atoms with Crippen LogP contribution in [0.5, 0.6) is 0 Å². The van der Waals surface area contributed by atoms with Crippen LogP contribution in [0.3, 0.4) is 0 Å². The van der Waals surface area contributed by atoms with Gasteiger partial charge < -0.3 is 10.4 Å². The van der Waals surface area contributed by atoms with Crippen LogP contribution >= 0.6 is 0 Å². The Bertz CT molecular complexity index is 1010. The van der Waals surface area contributed by atoms with Crippen molar-refractivity contribution in [1.82, 2.24) is 9.91 Å². The lowest BCUT2D eigenvalue weighted by molar-refractivity contribution is -0.139. The third-order valence-electron chi connectivity index (χ3n) is 6.47. The van der Waals surface area contributed by atoms with Crippen LogP contribution in [0.2, 0.25) is 0 Å². The molecule has 7 heteroatoms. The molecular weight excluding hydrogens is 416 g/mol. The van der Waals surface area contributed by atoms with Gasteiger partial charge in [-0.25, -0.2) is 0 Å². The summed E-state index contributed by atoms with van der Waals surface area (Å²) in [6.07, 6.45) is 7.13.